The minimum Gasteiger partial charge on any atom is -0.497 e. The van der Waals surface area contributed by atoms with Crippen molar-refractivity contribution in [3.05, 3.63) is 65.4 Å². The van der Waals surface area contributed by atoms with Gasteiger partial charge in [0.25, 0.3) is 5.91 Å². The summed E-state index contributed by atoms with van der Waals surface area (Å²) in [5.41, 5.74) is 4.54. The van der Waals surface area contributed by atoms with Crippen LogP contribution in [0.2, 0.25) is 0 Å². The summed E-state index contributed by atoms with van der Waals surface area (Å²) in [6.07, 6.45) is 1.55. The fourth-order valence-corrected chi connectivity index (χ4v) is 5.11. The van der Waals surface area contributed by atoms with Crippen LogP contribution >= 0.6 is 12.2 Å². The Labute approximate surface area is 175 Å². The molecule has 3 aromatic rings. The van der Waals surface area contributed by atoms with Crippen LogP contribution in [0, 0.1) is 0 Å². The van der Waals surface area contributed by atoms with E-state index in [-0.39, 0.29) is 18.0 Å². The molecule has 0 spiro atoms. The maximum absolute atomic E-state index is 13.3. The molecular weight excluding hydrogens is 382 g/mol. The van der Waals surface area contributed by atoms with E-state index in [1.165, 1.54) is 10.9 Å². The second kappa shape index (κ2) is 6.88. The Hall–Kier alpha value is -2.86. The number of aromatic amines is 1. The molecule has 2 aromatic carbocycles. The zero-order chi connectivity index (χ0) is 20.1. The second-order valence-corrected chi connectivity index (χ2v) is 8.00. The first-order valence-corrected chi connectivity index (χ1v) is 10.4. The highest BCUT2D eigenvalue weighted by Gasteiger charge is 2.50. The minimum atomic E-state index is -0.257. The quantitative estimate of drug-likeness (QED) is 0.666. The van der Waals surface area contributed by atoms with Gasteiger partial charge in [0.15, 0.2) is 5.11 Å². The number of amides is 1. The molecule has 1 fully saturated rings. The number of para-hydroxylation sites is 1. The number of methoxy groups -OCH3 is 1. The summed E-state index contributed by atoms with van der Waals surface area (Å²) < 4.78 is 5.34. The molecule has 29 heavy (non-hydrogen) atoms. The van der Waals surface area contributed by atoms with Gasteiger partial charge < -0.3 is 14.6 Å². The molecule has 0 radical (unpaired) electrons. The Morgan fingerprint density at radius 3 is 2.66 bits per heavy atom. The molecule has 5 nitrogen and oxygen atoms in total. The molecule has 1 amide bonds. The summed E-state index contributed by atoms with van der Waals surface area (Å²) in [6.45, 7) is 2.73. The Morgan fingerprint density at radius 1 is 1.17 bits per heavy atom. The Balaban J connectivity index is 1.70. The van der Waals surface area contributed by atoms with Crippen molar-refractivity contribution in [3.8, 4) is 5.75 Å². The zero-order valence-electron chi connectivity index (χ0n) is 16.5. The topological polar surface area (TPSA) is 48.6 Å². The first kappa shape index (κ1) is 18.2. The van der Waals surface area contributed by atoms with E-state index in [0.29, 0.717) is 18.1 Å². The number of nitrogens with zero attached hydrogens (tertiary/aromatic N) is 2. The van der Waals surface area contributed by atoms with Crippen LogP contribution in [-0.4, -0.2) is 45.5 Å². The van der Waals surface area contributed by atoms with Gasteiger partial charge in [-0.1, -0.05) is 37.3 Å². The summed E-state index contributed by atoms with van der Waals surface area (Å²) in [5, 5.41) is 1.82. The number of hydrogen-bond donors (Lipinski definition) is 1. The predicted molar refractivity (Wildman–Crippen MR) is 117 cm³/mol. The van der Waals surface area contributed by atoms with Gasteiger partial charge in [0.05, 0.1) is 13.2 Å². The van der Waals surface area contributed by atoms with E-state index < -0.39 is 0 Å². The summed E-state index contributed by atoms with van der Waals surface area (Å²) in [7, 11) is 1.67. The number of rotatable bonds is 4. The lowest BCUT2D eigenvalue weighted by Crippen LogP contribution is -2.44. The molecule has 2 aliphatic heterocycles. The number of benzene rings is 2. The lowest BCUT2D eigenvalue weighted by molar-refractivity contribution is -0.128. The number of fused-ring (bicyclic) bond motifs is 4. The number of carbonyl (C=O) groups excluding carboxylic acids is 1. The molecular formula is C23H23N3O2S. The number of thiocarbonyl (C=S) groups is 1. The molecule has 1 aromatic heterocycles. The van der Waals surface area contributed by atoms with Crippen LogP contribution in [0.1, 0.15) is 36.2 Å². The van der Waals surface area contributed by atoms with Crippen molar-refractivity contribution >= 4 is 34.1 Å². The lowest BCUT2D eigenvalue weighted by atomic mass is 9.89. The van der Waals surface area contributed by atoms with Crippen molar-refractivity contribution in [1.29, 1.82) is 0 Å². The standard InChI is InChI=1S/C23H23N3O2S/c1-3-12-25-22(27)19-13-17-16-6-4-5-7-18(16)24-20(17)21(26(19)23(25)29)14-8-10-15(28-2)11-9-14/h4-11,19,21,24H,3,12-13H2,1-2H3/t19-,21-/m1/s1. The van der Waals surface area contributed by atoms with Crippen molar-refractivity contribution in [3.63, 3.8) is 0 Å². The van der Waals surface area contributed by atoms with E-state index in [0.717, 1.165) is 28.9 Å². The first-order valence-electron chi connectivity index (χ1n) is 10.0. The van der Waals surface area contributed by atoms with Crippen LogP contribution in [0.15, 0.2) is 48.5 Å². The average molecular weight is 406 g/mol. The third kappa shape index (κ3) is 2.66. The zero-order valence-corrected chi connectivity index (χ0v) is 17.3. The SMILES string of the molecule is CCCN1C(=O)[C@H]2Cc3c([nH]c4ccccc34)[C@@H](c3ccc(OC)cc3)N2C1=S. The normalized spacial score (nSPS) is 20.9. The molecule has 5 rings (SSSR count). The average Bonchev–Trinajstić information content (AvgIpc) is 3.23. The molecule has 0 saturated carbocycles. The number of carbonyl (C=O) groups is 1. The van der Waals surface area contributed by atoms with E-state index >= 15 is 0 Å². The van der Waals surface area contributed by atoms with Gasteiger partial charge in [-0.25, -0.2) is 0 Å². The Bertz CT molecular complexity index is 1110. The largest absolute Gasteiger partial charge is 0.497 e. The molecule has 0 bridgehead atoms. The molecule has 3 heterocycles. The molecule has 0 aliphatic carbocycles. The highest BCUT2D eigenvalue weighted by molar-refractivity contribution is 7.80. The van der Waals surface area contributed by atoms with E-state index in [4.69, 9.17) is 17.0 Å². The fourth-order valence-electron chi connectivity index (χ4n) is 4.69. The van der Waals surface area contributed by atoms with Crippen molar-refractivity contribution < 1.29 is 9.53 Å². The van der Waals surface area contributed by atoms with Gasteiger partial charge in [-0.2, -0.15) is 0 Å². The summed E-state index contributed by atoms with van der Waals surface area (Å²) in [4.78, 5) is 20.8. The van der Waals surface area contributed by atoms with Gasteiger partial charge in [-0.05, 0) is 48.0 Å². The van der Waals surface area contributed by atoms with Gasteiger partial charge in [0.1, 0.15) is 11.8 Å². The molecule has 2 atom stereocenters. The van der Waals surface area contributed by atoms with Crippen molar-refractivity contribution in [1.82, 2.24) is 14.8 Å². The lowest BCUT2D eigenvalue weighted by Gasteiger charge is -2.37. The molecule has 6 heteroatoms. The maximum atomic E-state index is 13.3. The van der Waals surface area contributed by atoms with Crippen LogP contribution < -0.4 is 4.74 Å². The summed E-state index contributed by atoms with van der Waals surface area (Å²) in [6, 6.07) is 16.0. The highest BCUT2D eigenvalue weighted by atomic mass is 32.1. The van der Waals surface area contributed by atoms with Gasteiger partial charge in [0, 0.05) is 29.6 Å². The van der Waals surface area contributed by atoms with Crippen molar-refractivity contribution in [2.24, 2.45) is 0 Å². The van der Waals surface area contributed by atoms with Crippen LogP contribution in [-0.2, 0) is 11.2 Å². The first-order chi connectivity index (χ1) is 14.1. The molecule has 148 valence electrons. The van der Waals surface area contributed by atoms with Crippen LogP contribution in [0.4, 0.5) is 0 Å². The molecule has 0 unspecified atom stereocenters. The van der Waals surface area contributed by atoms with Gasteiger partial charge in [-0.3, -0.25) is 9.69 Å². The third-order valence-corrected chi connectivity index (χ3v) is 6.44. The van der Waals surface area contributed by atoms with Gasteiger partial charge in [-0.15, -0.1) is 0 Å². The maximum Gasteiger partial charge on any atom is 0.251 e. The molecule has 1 N–H and O–H groups in total. The third-order valence-electron chi connectivity index (χ3n) is 6.01. The second-order valence-electron chi connectivity index (χ2n) is 7.64. The smallest absolute Gasteiger partial charge is 0.251 e. The van der Waals surface area contributed by atoms with Crippen LogP contribution in [0.25, 0.3) is 10.9 Å². The van der Waals surface area contributed by atoms with Gasteiger partial charge >= 0.3 is 0 Å². The minimum absolute atomic E-state index is 0.117. The Kier molecular flexibility index (Phi) is 4.32. The monoisotopic (exact) mass is 405 g/mol. The fraction of sp³-hybridized carbons (Fsp3) is 0.304. The van der Waals surface area contributed by atoms with Crippen molar-refractivity contribution in [2.75, 3.05) is 13.7 Å². The van der Waals surface area contributed by atoms with Crippen LogP contribution in [0.3, 0.4) is 0 Å². The molecule has 1 saturated heterocycles. The van der Waals surface area contributed by atoms with Gasteiger partial charge in [0.2, 0.25) is 0 Å². The van der Waals surface area contributed by atoms with Crippen LogP contribution in [0.5, 0.6) is 5.75 Å². The van der Waals surface area contributed by atoms with E-state index in [9.17, 15) is 4.79 Å². The number of nitrogens with one attached hydrogen (secondary N) is 1. The number of hydrogen-bond acceptors (Lipinski definition) is 3. The molecule has 2 aliphatic rings. The number of aromatic nitrogens is 1. The summed E-state index contributed by atoms with van der Waals surface area (Å²) >= 11 is 5.81. The van der Waals surface area contributed by atoms with E-state index in [1.54, 1.807) is 12.0 Å². The van der Waals surface area contributed by atoms with E-state index in [1.807, 2.05) is 18.2 Å². The number of H-pyrrole nitrogens is 1. The number of ether oxygens (including phenoxy) is 1. The Morgan fingerprint density at radius 2 is 1.93 bits per heavy atom. The van der Waals surface area contributed by atoms with Crippen molar-refractivity contribution in [2.45, 2.75) is 31.8 Å². The highest BCUT2D eigenvalue weighted by Crippen LogP contribution is 2.44. The predicted octanol–water partition coefficient (Wildman–Crippen LogP) is 4.03. The summed E-state index contributed by atoms with van der Waals surface area (Å²) in [5.74, 6) is 0.928. The van der Waals surface area contributed by atoms with E-state index in [2.05, 4.69) is 47.1 Å².